The summed E-state index contributed by atoms with van der Waals surface area (Å²) >= 11 is 1.79. The molecule has 1 fully saturated rings. The molecule has 2 aromatic heterocycles. The van der Waals surface area contributed by atoms with Crippen LogP contribution in [-0.2, 0) is 13.1 Å². The van der Waals surface area contributed by atoms with E-state index in [1.165, 1.54) is 17.7 Å². The van der Waals surface area contributed by atoms with Gasteiger partial charge in [-0.1, -0.05) is 13.0 Å². The zero-order chi connectivity index (χ0) is 13.1. The minimum Gasteiger partial charge on any atom is -0.432 e. The van der Waals surface area contributed by atoms with Crippen LogP contribution in [-0.4, -0.2) is 17.6 Å². The lowest BCUT2D eigenvalue weighted by molar-refractivity contribution is 0.528. The number of hydrogen-bond donors (Lipinski definition) is 1. The van der Waals surface area contributed by atoms with E-state index in [0.29, 0.717) is 6.04 Å². The van der Waals surface area contributed by atoms with E-state index in [4.69, 9.17) is 4.42 Å². The Labute approximate surface area is 117 Å². The Balaban J connectivity index is 1.70. The zero-order valence-electron chi connectivity index (χ0n) is 11.1. The molecule has 4 nitrogen and oxygen atoms in total. The van der Waals surface area contributed by atoms with Crippen molar-refractivity contribution in [1.82, 2.24) is 10.3 Å². The van der Waals surface area contributed by atoms with Gasteiger partial charge in [0, 0.05) is 17.5 Å². The molecule has 0 spiro atoms. The highest BCUT2D eigenvalue weighted by atomic mass is 32.1. The molecule has 0 atom stereocenters. The van der Waals surface area contributed by atoms with E-state index in [1.54, 1.807) is 17.6 Å². The van der Waals surface area contributed by atoms with Gasteiger partial charge in [-0.05, 0) is 30.8 Å². The Morgan fingerprint density at radius 2 is 2.42 bits per heavy atom. The molecule has 1 aliphatic rings. The Morgan fingerprint density at radius 1 is 1.53 bits per heavy atom. The van der Waals surface area contributed by atoms with E-state index in [0.717, 1.165) is 31.3 Å². The van der Waals surface area contributed by atoms with Crippen molar-refractivity contribution < 1.29 is 4.42 Å². The van der Waals surface area contributed by atoms with Crippen LogP contribution < -0.4 is 10.2 Å². The fourth-order valence-electron chi connectivity index (χ4n) is 2.07. The van der Waals surface area contributed by atoms with Gasteiger partial charge in [-0.15, -0.1) is 11.3 Å². The SMILES string of the molecule is CCNCc1coc(N(Cc2cccs2)C2CC2)n1. The quantitative estimate of drug-likeness (QED) is 0.844. The maximum atomic E-state index is 5.65. The summed E-state index contributed by atoms with van der Waals surface area (Å²) in [6.45, 7) is 4.72. The second-order valence-corrected chi connectivity index (χ2v) is 5.87. The first-order valence-electron chi connectivity index (χ1n) is 6.81. The molecule has 1 saturated carbocycles. The van der Waals surface area contributed by atoms with Crippen molar-refractivity contribution in [1.29, 1.82) is 0 Å². The minimum atomic E-state index is 0.604. The summed E-state index contributed by atoms with van der Waals surface area (Å²) in [6.07, 6.45) is 4.26. The molecule has 0 unspecified atom stereocenters. The van der Waals surface area contributed by atoms with E-state index >= 15 is 0 Å². The minimum absolute atomic E-state index is 0.604. The van der Waals surface area contributed by atoms with Crippen LogP contribution in [0.25, 0.3) is 0 Å². The van der Waals surface area contributed by atoms with E-state index < -0.39 is 0 Å². The summed E-state index contributed by atoms with van der Waals surface area (Å²) < 4.78 is 5.65. The molecule has 1 N–H and O–H groups in total. The lowest BCUT2D eigenvalue weighted by Gasteiger charge is -2.18. The molecule has 3 rings (SSSR count). The number of thiophene rings is 1. The number of nitrogens with zero attached hydrogens (tertiary/aromatic N) is 2. The molecule has 0 amide bonds. The van der Waals surface area contributed by atoms with Gasteiger partial charge in [0.25, 0.3) is 6.01 Å². The average molecular weight is 277 g/mol. The summed E-state index contributed by atoms with van der Waals surface area (Å²) in [5.41, 5.74) is 0.980. The molecule has 0 aliphatic heterocycles. The van der Waals surface area contributed by atoms with Crippen LogP contribution in [0.2, 0.25) is 0 Å². The van der Waals surface area contributed by atoms with Crippen LogP contribution in [0, 0.1) is 0 Å². The smallest absolute Gasteiger partial charge is 0.298 e. The average Bonchev–Trinajstić information content (AvgIpc) is 2.94. The van der Waals surface area contributed by atoms with Crippen molar-refractivity contribution in [2.24, 2.45) is 0 Å². The van der Waals surface area contributed by atoms with Gasteiger partial charge in [-0.3, -0.25) is 0 Å². The van der Waals surface area contributed by atoms with Crippen LogP contribution in [0.3, 0.4) is 0 Å². The number of nitrogens with one attached hydrogen (secondary N) is 1. The van der Waals surface area contributed by atoms with Gasteiger partial charge >= 0.3 is 0 Å². The van der Waals surface area contributed by atoms with E-state index in [9.17, 15) is 0 Å². The van der Waals surface area contributed by atoms with Crippen molar-refractivity contribution >= 4 is 17.4 Å². The predicted octanol–water partition coefficient (Wildman–Crippen LogP) is 3.01. The van der Waals surface area contributed by atoms with Gasteiger partial charge in [0.15, 0.2) is 0 Å². The van der Waals surface area contributed by atoms with Crippen molar-refractivity contribution in [3.63, 3.8) is 0 Å². The fourth-order valence-corrected chi connectivity index (χ4v) is 2.77. The summed E-state index contributed by atoms with van der Waals surface area (Å²) in [7, 11) is 0. The summed E-state index contributed by atoms with van der Waals surface area (Å²) in [6, 6.07) is 5.64. The van der Waals surface area contributed by atoms with E-state index in [2.05, 4.69) is 39.6 Å². The number of anilines is 1. The first-order chi connectivity index (χ1) is 9.36. The Bertz CT molecular complexity index is 505. The Kier molecular flexibility index (Phi) is 3.84. The second-order valence-electron chi connectivity index (χ2n) is 4.84. The van der Waals surface area contributed by atoms with Crippen molar-refractivity contribution in [3.8, 4) is 0 Å². The molecule has 102 valence electrons. The largest absolute Gasteiger partial charge is 0.432 e. The van der Waals surface area contributed by atoms with Gasteiger partial charge in [0.05, 0.1) is 12.2 Å². The van der Waals surface area contributed by atoms with E-state index in [1.807, 2.05) is 0 Å². The topological polar surface area (TPSA) is 41.3 Å². The summed E-state index contributed by atoms with van der Waals surface area (Å²) in [5, 5.41) is 5.39. The van der Waals surface area contributed by atoms with Crippen LogP contribution in [0.1, 0.15) is 30.3 Å². The fraction of sp³-hybridized carbons (Fsp3) is 0.500. The molecular weight excluding hydrogens is 258 g/mol. The Hall–Kier alpha value is -1.33. The number of hydrogen-bond acceptors (Lipinski definition) is 5. The van der Waals surface area contributed by atoms with Crippen molar-refractivity contribution in [3.05, 3.63) is 34.3 Å². The monoisotopic (exact) mass is 277 g/mol. The number of aromatic nitrogens is 1. The van der Waals surface area contributed by atoms with Gasteiger partial charge in [0.1, 0.15) is 6.26 Å². The summed E-state index contributed by atoms with van der Waals surface area (Å²) in [5.74, 6) is 0. The number of oxazole rings is 1. The highest BCUT2D eigenvalue weighted by molar-refractivity contribution is 7.09. The van der Waals surface area contributed by atoms with Gasteiger partial charge in [-0.25, -0.2) is 0 Å². The lowest BCUT2D eigenvalue weighted by Crippen LogP contribution is -2.25. The molecule has 0 bridgehead atoms. The molecule has 2 aromatic rings. The molecular formula is C14H19N3OS. The van der Waals surface area contributed by atoms with Crippen LogP contribution in [0.4, 0.5) is 6.01 Å². The second kappa shape index (κ2) is 5.75. The van der Waals surface area contributed by atoms with Gasteiger partial charge < -0.3 is 14.6 Å². The van der Waals surface area contributed by atoms with E-state index in [-0.39, 0.29) is 0 Å². The van der Waals surface area contributed by atoms with Crippen LogP contribution in [0.15, 0.2) is 28.2 Å². The maximum Gasteiger partial charge on any atom is 0.298 e. The lowest BCUT2D eigenvalue weighted by atomic mass is 10.4. The third-order valence-corrected chi connectivity index (χ3v) is 4.10. The van der Waals surface area contributed by atoms with Crippen LogP contribution in [0.5, 0.6) is 0 Å². The molecule has 0 saturated heterocycles. The molecule has 5 heteroatoms. The molecule has 2 heterocycles. The maximum absolute atomic E-state index is 5.65. The summed E-state index contributed by atoms with van der Waals surface area (Å²) in [4.78, 5) is 8.24. The third kappa shape index (κ3) is 3.16. The first kappa shape index (κ1) is 12.7. The predicted molar refractivity (Wildman–Crippen MR) is 77.4 cm³/mol. The normalized spacial score (nSPS) is 14.8. The highest BCUT2D eigenvalue weighted by Gasteiger charge is 2.32. The zero-order valence-corrected chi connectivity index (χ0v) is 11.9. The highest BCUT2D eigenvalue weighted by Crippen LogP contribution is 2.33. The van der Waals surface area contributed by atoms with Crippen LogP contribution >= 0.6 is 11.3 Å². The molecule has 1 aliphatic carbocycles. The Morgan fingerprint density at radius 3 is 3.11 bits per heavy atom. The number of rotatable bonds is 7. The first-order valence-corrected chi connectivity index (χ1v) is 7.69. The molecule has 0 aromatic carbocycles. The van der Waals surface area contributed by atoms with Gasteiger partial charge in [0.2, 0.25) is 0 Å². The van der Waals surface area contributed by atoms with Crippen molar-refractivity contribution in [2.75, 3.05) is 11.4 Å². The molecule has 19 heavy (non-hydrogen) atoms. The van der Waals surface area contributed by atoms with Crippen molar-refractivity contribution in [2.45, 2.75) is 38.9 Å². The molecule has 0 radical (unpaired) electrons. The standard InChI is InChI=1S/C14H19N3OS/c1-2-15-8-11-10-18-14(16-11)17(12-5-6-12)9-13-4-3-7-19-13/h3-4,7,10,12,15H,2,5-6,8-9H2,1H3. The third-order valence-electron chi connectivity index (χ3n) is 3.24. The van der Waals surface area contributed by atoms with Gasteiger partial charge in [-0.2, -0.15) is 4.98 Å².